The van der Waals surface area contributed by atoms with E-state index >= 15 is 0 Å². The number of hydrogen-bond donors (Lipinski definition) is 2. The second-order valence-corrected chi connectivity index (χ2v) is 4.88. The number of non-ortho nitro benzene ring substituents is 1. The van der Waals surface area contributed by atoms with E-state index in [9.17, 15) is 24.5 Å². The number of carboxylic acid groups (broad SMARTS) is 1. The Morgan fingerprint density at radius 2 is 1.67 bits per heavy atom. The van der Waals surface area contributed by atoms with E-state index in [1.807, 2.05) is 0 Å². The van der Waals surface area contributed by atoms with Gasteiger partial charge < -0.3 is 10.4 Å². The van der Waals surface area contributed by atoms with Crippen molar-refractivity contribution in [3.8, 4) is 0 Å². The van der Waals surface area contributed by atoms with Crippen LogP contribution in [0.3, 0.4) is 0 Å². The molecule has 0 aliphatic rings. The number of amides is 1. The highest BCUT2D eigenvalue weighted by atomic mass is 16.6. The maximum absolute atomic E-state index is 12.2. The molecule has 0 unspecified atom stereocenters. The zero-order chi connectivity index (χ0) is 17.9. The van der Waals surface area contributed by atoms with Crippen molar-refractivity contribution in [3.05, 3.63) is 69.3 Å². The van der Waals surface area contributed by atoms with E-state index in [0.717, 1.165) is 18.2 Å². The number of anilines is 1. The molecule has 0 radical (unpaired) electrons. The Bertz CT molecular complexity index is 842. The minimum absolute atomic E-state index is 0.128. The molecule has 24 heavy (non-hydrogen) atoms. The first kappa shape index (κ1) is 16.8. The molecule has 0 heterocycles. The molecule has 8 nitrogen and oxygen atoms in total. The fourth-order valence-electron chi connectivity index (χ4n) is 2.01. The highest BCUT2D eigenvalue weighted by Gasteiger charge is 2.20. The van der Waals surface area contributed by atoms with Gasteiger partial charge in [-0.25, -0.2) is 4.79 Å². The Labute approximate surface area is 135 Å². The fourth-order valence-corrected chi connectivity index (χ4v) is 2.01. The number of rotatable bonds is 5. The lowest BCUT2D eigenvalue weighted by Crippen LogP contribution is -2.16. The van der Waals surface area contributed by atoms with Crippen molar-refractivity contribution in [1.82, 2.24) is 0 Å². The Kier molecular flexibility index (Phi) is 4.69. The Hall–Kier alpha value is -3.55. The van der Waals surface area contributed by atoms with Gasteiger partial charge in [-0.2, -0.15) is 0 Å². The summed E-state index contributed by atoms with van der Waals surface area (Å²) in [4.78, 5) is 44.6. The highest BCUT2D eigenvalue weighted by Crippen LogP contribution is 2.20. The van der Waals surface area contributed by atoms with Gasteiger partial charge in [0.05, 0.1) is 16.1 Å². The number of nitrogens with one attached hydrogen (secondary N) is 1. The van der Waals surface area contributed by atoms with Crippen LogP contribution in [0, 0.1) is 10.1 Å². The van der Waals surface area contributed by atoms with Crippen molar-refractivity contribution >= 4 is 29.0 Å². The minimum atomic E-state index is -1.45. The average molecular weight is 328 g/mol. The summed E-state index contributed by atoms with van der Waals surface area (Å²) in [6.07, 6.45) is 0. The minimum Gasteiger partial charge on any atom is -0.478 e. The second-order valence-electron chi connectivity index (χ2n) is 4.88. The van der Waals surface area contributed by atoms with E-state index in [1.165, 1.54) is 31.2 Å². The fraction of sp³-hybridized carbons (Fsp3) is 0.0625. The molecule has 0 aromatic heterocycles. The molecule has 122 valence electrons. The summed E-state index contributed by atoms with van der Waals surface area (Å²) in [5, 5.41) is 22.3. The van der Waals surface area contributed by atoms with Crippen LogP contribution in [0.15, 0.2) is 42.5 Å². The summed E-state index contributed by atoms with van der Waals surface area (Å²) >= 11 is 0. The van der Waals surface area contributed by atoms with Crippen LogP contribution in [0.4, 0.5) is 11.4 Å². The van der Waals surface area contributed by atoms with E-state index in [2.05, 4.69) is 5.32 Å². The zero-order valence-corrected chi connectivity index (χ0v) is 12.5. The molecule has 0 atom stereocenters. The number of Topliss-reactive ketones (excluding diaryl/α,β-unsaturated/α-hetero) is 1. The van der Waals surface area contributed by atoms with Gasteiger partial charge in [0, 0.05) is 23.4 Å². The van der Waals surface area contributed by atoms with E-state index in [4.69, 9.17) is 5.11 Å². The first-order chi connectivity index (χ1) is 11.3. The standard InChI is InChI=1S/C16H12N2O6/c1-9(19)10-2-4-11(5-3-10)17-15(20)13-7-6-12(18(23)24)8-14(13)16(21)22/h2-8H,1H3,(H,17,20)(H,21,22). The number of aromatic carboxylic acids is 1. The average Bonchev–Trinajstić information content (AvgIpc) is 2.54. The van der Waals surface area contributed by atoms with Crippen LogP contribution in [0.5, 0.6) is 0 Å². The SMILES string of the molecule is CC(=O)c1ccc(NC(=O)c2ccc([N+](=O)[O-])cc2C(=O)O)cc1. The summed E-state index contributed by atoms with van der Waals surface area (Å²) in [7, 11) is 0. The van der Waals surface area contributed by atoms with Crippen molar-refractivity contribution in [3.63, 3.8) is 0 Å². The number of nitrogens with zero attached hydrogens (tertiary/aromatic N) is 1. The number of benzene rings is 2. The molecule has 8 heteroatoms. The summed E-state index contributed by atoms with van der Waals surface area (Å²) < 4.78 is 0. The topological polar surface area (TPSA) is 127 Å². The lowest BCUT2D eigenvalue weighted by molar-refractivity contribution is -0.384. The molecule has 2 N–H and O–H groups in total. The van der Waals surface area contributed by atoms with Gasteiger partial charge in [-0.15, -0.1) is 0 Å². The predicted octanol–water partition coefficient (Wildman–Crippen LogP) is 2.75. The molecule has 0 aliphatic carbocycles. The lowest BCUT2D eigenvalue weighted by Gasteiger charge is -2.08. The van der Waals surface area contributed by atoms with Crippen LogP contribution >= 0.6 is 0 Å². The monoisotopic (exact) mass is 328 g/mol. The number of nitro benzene ring substituents is 1. The van der Waals surface area contributed by atoms with Gasteiger partial charge in [0.25, 0.3) is 11.6 Å². The van der Waals surface area contributed by atoms with Crippen molar-refractivity contribution < 1.29 is 24.4 Å². The Balaban J connectivity index is 2.30. The summed E-state index contributed by atoms with van der Waals surface area (Å²) in [5.41, 5.74) is -0.269. The van der Waals surface area contributed by atoms with Crippen LogP contribution in [0.1, 0.15) is 38.0 Å². The van der Waals surface area contributed by atoms with Gasteiger partial charge in [-0.1, -0.05) is 0 Å². The van der Waals surface area contributed by atoms with Crippen LogP contribution < -0.4 is 5.32 Å². The third-order valence-corrected chi connectivity index (χ3v) is 3.24. The number of carboxylic acids is 1. The highest BCUT2D eigenvalue weighted by molar-refractivity contribution is 6.11. The molecule has 0 bridgehead atoms. The van der Waals surface area contributed by atoms with Crippen LogP contribution in [-0.4, -0.2) is 27.7 Å². The zero-order valence-electron chi connectivity index (χ0n) is 12.5. The van der Waals surface area contributed by atoms with Crippen LogP contribution in [0.25, 0.3) is 0 Å². The molecule has 0 fully saturated rings. The predicted molar refractivity (Wildman–Crippen MR) is 84.5 cm³/mol. The quantitative estimate of drug-likeness (QED) is 0.493. The molecule has 2 rings (SSSR count). The van der Waals surface area contributed by atoms with Gasteiger partial charge in [0.1, 0.15) is 0 Å². The van der Waals surface area contributed by atoms with Gasteiger partial charge in [-0.3, -0.25) is 19.7 Å². The number of hydrogen-bond acceptors (Lipinski definition) is 5. The second kappa shape index (κ2) is 6.69. The molecule has 0 saturated carbocycles. The Morgan fingerprint density at radius 3 is 2.17 bits per heavy atom. The molecular formula is C16H12N2O6. The third kappa shape index (κ3) is 3.61. The molecule has 2 aromatic rings. The van der Waals surface area contributed by atoms with E-state index < -0.39 is 28.1 Å². The van der Waals surface area contributed by atoms with E-state index in [-0.39, 0.29) is 11.3 Å². The number of carbonyl (C=O) groups is 3. The summed E-state index contributed by atoms with van der Waals surface area (Å²) in [6, 6.07) is 9.01. The van der Waals surface area contributed by atoms with Gasteiger partial charge in [0.15, 0.2) is 5.78 Å². The van der Waals surface area contributed by atoms with Crippen molar-refractivity contribution in [1.29, 1.82) is 0 Å². The maximum atomic E-state index is 12.2. The van der Waals surface area contributed by atoms with Crippen molar-refractivity contribution in [2.45, 2.75) is 6.92 Å². The first-order valence-corrected chi connectivity index (χ1v) is 6.73. The summed E-state index contributed by atoms with van der Waals surface area (Å²) in [6.45, 7) is 1.41. The maximum Gasteiger partial charge on any atom is 0.336 e. The van der Waals surface area contributed by atoms with Crippen molar-refractivity contribution in [2.24, 2.45) is 0 Å². The van der Waals surface area contributed by atoms with Crippen molar-refractivity contribution in [2.75, 3.05) is 5.32 Å². The molecule has 1 amide bonds. The number of ketones is 1. The normalized spacial score (nSPS) is 10.0. The van der Waals surface area contributed by atoms with Gasteiger partial charge in [0.2, 0.25) is 0 Å². The molecule has 0 spiro atoms. The Morgan fingerprint density at radius 1 is 1.04 bits per heavy atom. The first-order valence-electron chi connectivity index (χ1n) is 6.73. The van der Waals surface area contributed by atoms with E-state index in [1.54, 1.807) is 0 Å². The third-order valence-electron chi connectivity index (χ3n) is 3.24. The van der Waals surface area contributed by atoms with Crippen LogP contribution in [0.2, 0.25) is 0 Å². The van der Waals surface area contributed by atoms with E-state index in [0.29, 0.717) is 11.3 Å². The lowest BCUT2D eigenvalue weighted by atomic mass is 10.1. The smallest absolute Gasteiger partial charge is 0.336 e. The molecular weight excluding hydrogens is 316 g/mol. The summed E-state index contributed by atoms with van der Waals surface area (Å²) in [5.74, 6) is -2.30. The van der Waals surface area contributed by atoms with Gasteiger partial charge in [-0.05, 0) is 37.3 Å². The number of nitro groups is 1. The van der Waals surface area contributed by atoms with Gasteiger partial charge >= 0.3 is 5.97 Å². The van der Waals surface area contributed by atoms with Crippen LogP contribution in [-0.2, 0) is 0 Å². The number of carbonyl (C=O) groups excluding carboxylic acids is 2. The molecule has 0 aliphatic heterocycles. The largest absolute Gasteiger partial charge is 0.478 e. The molecule has 2 aromatic carbocycles. The molecule has 0 saturated heterocycles.